The van der Waals surface area contributed by atoms with E-state index in [4.69, 9.17) is 42.0 Å². The molecule has 0 radical (unpaired) electrons. The highest BCUT2D eigenvalue weighted by molar-refractivity contribution is 7.43. The number of para-hydroxylation sites is 3. The smallest absolute Gasteiger partial charge is 0.493 e. The van der Waals surface area contributed by atoms with Crippen LogP contribution < -0.4 is 42.0 Å². The van der Waals surface area contributed by atoms with Gasteiger partial charge in [0, 0.05) is 0 Å². The number of hydrogen-bond donors (Lipinski definition) is 0. The quantitative estimate of drug-likeness (QED) is 0.306. The highest BCUT2D eigenvalue weighted by atomic mass is 31.2. The molecule has 0 aromatic heterocycles. The molecular weight excluding hydrogens is 463 g/mol. The van der Waals surface area contributed by atoms with Crippen molar-refractivity contribution >= 4 is 8.60 Å². The molecule has 9 nitrogen and oxygen atoms in total. The molecule has 0 saturated carbocycles. The molecule has 0 spiro atoms. The van der Waals surface area contributed by atoms with Gasteiger partial charge >= 0.3 is 8.60 Å². The summed E-state index contributed by atoms with van der Waals surface area (Å²) in [6.07, 6.45) is 0. The lowest BCUT2D eigenvalue weighted by molar-refractivity contribution is 0.314. The SMILES string of the molecule is COc1cccc(OP(Oc2cccc(OC)c2OC)Oc2cccc(OC)c2OC)c1OC. The summed E-state index contributed by atoms with van der Waals surface area (Å²) in [5.41, 5.74) is 0. The number of methoxy groups -OCH3 is 6. The standard InChI is InChI=1S/C24H27O9P/c1-25-16-10-7-13-19(22(16)28-4)31-34(32-20-14-8-11-17(26-2)23(20)29-5)33-21-15-9-12-18(27-3)24(21)30-6/h7-15H,1-6H3. The highest BCUT2D eigenvalue weighted by Gasteiger charge is 2.27. The Morgan fingerprint density at radius 2 is 0.647 bits per heavy atom. The Balaban J connectivity index is 2.03. The molecule has 0 atom stereocenters. The van der Waals surface area contributed by atoms with Crippen molar-refractivity contribution in [3.63, 3.8) is 0 Å². The van der Waals surface area contributed by atoms with Crippen LogP contribution in [-0.4, -0.2) is 42.7 Å². The number of ether oxygens (including phenoxy) is 6. The molecule has 34 heavy (non-hydrogen) atoms. The Bertz CT molecular complexity index is 953. The molecule has 182 valence electrons. The Labute approximate surface area is 200 Å². The van der Waals surface area contributed by atoms with Crippen molar-refractivity contribution in [3.8, 4) is 51.7 Å². The van der Waals surface area contributed by atoms with E-state index in [1.807, 2.05) is 0 Å². The molecule has 0 heterocycles. The first kappa shape index (κ1) is 24.9. The number of hydrogen-bond acceptors (Lipinski definition) is 9. The zero-order chi connectivity index (χ0) is 24.5. The van der Waals surface area contributed by atoms with Crippen molar-refractivity contribution < 1.29 is 42.0 Å². The van der Waals surface area contributed by atoms with Crippen molar-refractivity contribution in [2.45, 2.75) is 0 Å². The monoisotopic (exact) mass is 490 g/mol. The van der Waals surface area contributed by atoms with Crippen molar-refractivity contribution in [2.75, 3.05) is 42.7 Å². The average molecular weight is 490 g/mol. The van der Waals surface area contributed by atoms with Crippen molar-refractivity contribution in [3.05, 3.63) is 54.6 Å². The molecule has 0 aliphatic carbocycles. The number of benzene rings is 3. The maximum Gasteiger partial charge on any atom is 0.530 e. The second kappa shape index (κ2) is 12.0. The summed E-state index contributed by atoms with van der Waals surface area (Å²) in [6.45, 7) is 0. The molecule has 0 fully saturated rings. The van der Waals surface area contributed by atoms with Gasteiger partial charge in [-0.15, -0.1) is 0 Å². The summed E-state index contributed by atoms with van der Waals surface area (Å²) in [7, 11) is 7.07. The van der Waals surface area contributed by atoms with Gasteiger partial charge < -0.3 is 42.0 Å². The molecule has 0 aliphatic rings. The van der Waals surface area contributed by atoms with Crippen molar-refractivity contribution in [1.82, 2.24) is 0 Å². The molecule has 0 N–H and O–H groups in total. The second-order valence-electron chi connectivity index (χ2n) is 6.47. The molecule has 0 amide bonds. The van der Waals surface area contributed by atoms with E-state index in [2.05, 4.69) is 0 Å². The maximum absolute atomic E-state index is 6.16. The largest absolute Gasteiger partial charge is 0.530 e. The van der Waals surface area contributed by atoms with E-state index < -0.39 is 8.60 Å². The zero-order valence-electron chi connectivity index (χ0n) is 19.8. The van der Waals surface area contributed by atoms with Gasteiger partial charge in [-0.25, -0.2) is 0 Å². The van der Waals surface area contributed by atoms with E-state index in [1.54, 1.807) is 75.9 Å². The minimum Gasteiger partial charge on any atom is -0.493 e. The summed E-state index contributed by atoms with van der Waals surface area (Å²) in [5, 5.41) is 0. The van der Waals surface area contributed by atoms with E-state index in [0.717, 1.165) is 0 Å². The van der Waals surface area contributed by atoms with E-state index in [1.165, 1.54) is 21.3 Å². The highest BCUT2D eigenvalue weighted by Crippen LogP contribution is 2.52. The predicted molar refractivity (Wildman–Crippen MR) is 127 cm³/mol. The van der Waals surface area contributed by atoms with Gasteiger partial charge in [0.2, 0.25) is 17.2 Å². The molecule has 0 saturated heterocycles. The van der Waals surface area contributed by atoms with Crippen LogP contribution in [0, 0.1) is 0 Å². The van der Waals surface area contributed by atoms with Crippen LogP contribution in [0.3, 0.4) is 0 Å². The van der Waals surface area contributed by atoms with Gasteiger partial charge in [0.1, 0.15) is 0 Å². The molecule has 0 bridgehead atoms. The second-order valence-corrected chi connectivity index (χ2v) is 7.47. The zero-order valence-corrected chi connectivity index (χ0v) is 20.7. The van der Waals surface area contributed by atoms with Gasteiger partial charge in [0.15, 0.2) is 34.5 Å². The van der Waals surface area contributed by atoms with Gasteiger partial charge in [0.25, 0.3) is 0 Å². The van der Waals surface area contributed by atoms with Crippen LogP contribution >= 0.6 is 8.60 Å². The van der Waals surface area contributed by atoms with E-state index in [-0.39, 0.29) is 0 Å². The van der Waals surface area contributed by atoms with Crippen molar-refractivity contribution in [2.24, 2.45) is 0 Å². The van der Waals surface area contributed by atoms with Gasteiger partial charge in [-0.05, 0) is 36.4 Å². The third-order valence-electron chi connectivity index (χ3n) is 4.62. The Morgan fingerprint density at radius 3 is 0.882 bits per heavy atom. The minimum absolute atomic E-state index is 0.358. The summed E-state index contributed by atoms with van der Waals surface area (Å²) in [4.78, 5) is 0. The first-order valence-corrected chi connectivity index (χ1v) is 11.2. The lowest BCUT2D eigenvalue weighted by atomic mass is 10.3. The summed E-state index contributed by atoms with van der Waals surface area (Å²) in [6, 6.07) is 15.7. The summed E-state index contributed by atoms with van der Waals surface area (Å²) < 4.78 is 51.1. The first-order chi connectivity index (χ1) is 16.6. The van der Waals surface area contributed by atoms with Crippen LogP contribution in [0.2, 0.25) is 0 Å². The predicted octanol–water partition coefficient (Wildman–Crippen LogP) is 5.50. The van der Waals surface area contributed by atoms with Crippen molar-refractivity contribution in [1.29, 1.82) is 0 Å². The molecule has 3 aromatic carbocycles. The van der Waals surface area contributed by atoms with E-state index >= 15 is 0 Å². The molecule has 0 unspecified atom stereocenters. The van der Waals surface area contributed by atoms with E-state index in [9.17, 15) is 0 Å². The van der Waals surface area contributed by atoms with Crippen LogP contribution in [0.25, 0.3) is 0 Å². The molecule has 10 heteroatoms. The van der Waals surface area contributed by atoms with Crippen LogP contribution in [0.1, 0.15) is 0 Å². The minimum atomic E-state index is -2.11. The van der Waals surface area contributed by atoms with Crippen LogP contribution in [0.15, 0.2) is 54.6 Å². The van der Waals surface area contributed by atoms with E-state index in [0.29, 0.717) is 51.7 Å². The third kappa shape index (κ3) is 5.43. The topological polar surface area (TPSA) is 83.1 Å². The van der Waals surface area contributed by atoms with Crippen LogP contribution in [-0.2, 0) is 0 Å². The fraction of sp³-hybridized carbons (Fsp3) is 0.250. The lowest BCUT2D eigenvalue weighted by Crippen LogP contribution is -2.06. The Kier molecular flexibility index (Phi) is 8.76. The fourth-order valence-electron chi connectivity index (χ4n) is 3.09. The Hall–Kier alpha value is -3.71. The maximum atomic E-state index is 6.16. The normalized spacial score (nSPS) is 10.3. The average Bonchev–Trinajstić information content (AvgIpc) is 2.87. The molecule has 0 aliphatic heterocycles. The van der Waals surface area contributed by atoms with Gasteiger partial charge in [0.05, 0.1) is 42.7 Å². The molecule has 3 aromatic rings. The lowest BCUT2D eigenvalue weighted by Gasteiger charge is -2.22. The molecular formula is C24H27O9P. The summed E-state index contributed by atoms with van der Waals surface area (Å²) in [5.74, 6) is 3.72. The number of rotatable bonds is 12. The van der Waals surface area contributed by atoms with Crippen LogP contribution in [0.5, 0.6) is 51.7 Å². The fourth-order valence-corrected chi connectivity index (χ4v) is 4.11. The Morgan fingerprint density at radius 1 is 0.382 bits per heavy atom. The van der Waals surface area contributed by atoms with Gasteiger partial charge in [-0.1, -0.05) is 18.2 Å². The molecule has 3 rings (SSSR count). The first-order valence-electron chi connectivity index (χ1n) is 10.1. The van der Waals surface area contributed by atoms with Gasteiger partial charge in [-0.2, -0.15) is 0 Å². The third-order valence-corrected chi connectivity index (χ3v) is 5.66. The summed E-state index contributed by atoms with van der Waals surface area (Å²) >= 11 is 0. The van der Waals surface area contributed by atoms with Gasteiger partial charge in [-0.3, -0.25) is 0 Å². The van der Waals surface area contributed by atoms with Crippen LogP contribution in [0.4, 0.5) is 0 Å².